The highest BCUT2D eigenvalue weighted by Crippen LogP contribution is 2.14. The van der Waals surface area contributed by atoms with Gasteiger partial charge in [0.2, 0.25) is 0 Å². The standard InChI is InChI=1S/C18H25ClN6/c1-20-18(21-10-9-14-6-5-7-15(19)12-14)22-13-17-24-23-16-8-3-2-4-11-25(16)17/h5-7,12H,2-4,8-11,13H2,1H3,(H2,20,21,22). The lowest BCUT2D eigenvalue weighted by atomic mass is 10.1. The molecule has 0 radical (unpaired) electrons. The summed E-state index contributed by atoms with van der Waals surface area (Å²) in [5, 5.41) is 16.1. The van der Waals surface area contributed by atoms with Crippen molar-refractivity contribution in [3.05, 3.63) is 46.5 Å². The van der Waals surface area contributed by atoms with Crippen LogP contribution in [-0.4, -0.2) is 34.3 Å². The number of rotatable bonds is 5. The number of aromatic nitrogens is 3. The van der Waals surface area contributed by atoms with Crippen molar-refractivity contribution in [2.24, 2.45) is 4.99 Å². The van der Waals surface area contributed by atoms with Crippen molar-refractivity contribution in [1.82, 2.24) is 25.4 Å². The van der Waals surface area contributed by atoms with Gasteiger partial charge in [0.25, 0.3) is 0 Å². The van der Waals surface area contributed by atoms with Gasteiger partial charge >= 0.3 is 0 Å². The van der Waals surface area contributed by atoms with E-state index < -0.39 is 0 Å². The van der Waals surface area contributed by atoms with E-state index in [1.165, 1.54) is 24.8 Å². The van der Waals surface area contributed by atoms with Crippen LogP contribution in [0.4, 0.5) is 0 Å². The van der Waals surface area contributed by atoms with Crippen LogP contribution in [0.1, 0.15) is 36.5 Å². The van der Waals surface area contributed by atoms with E-state index in [2.05, 4.69) is 36.5 Å². The summed E-state index contributed by atoms with van der Waals surface area (Å²) < 4.78 is 2.25. The van der Waals surface area contributed by atoms with E-state index in [0.717, 1.165) is 48.6 Å². The zero-order chi connectivity index (χ0) is 17.5. The maximum Gasteiger partial charge on any atom is 0.191 e. The maximum atomic E-state index is 6.02. The van der Waals surface area contributed by atoms with Gasteiger partial charge in [0.15, 0.2) is 11.8 Å². The molecule has 25 heavy (non-hydrogen) atoms. The normalized spacial score (nSPS) is 14.7. The predicted molar refractivity (Wildman–Crippen MR) is 101 cm³/mol. The minimum Gasteiger partial charge on any atom is -0.356 e. The number of halogens is 1. The largest absolute Gasteiger partial charge is 0.356 e. The molecule has 0 aliphatic carbocycles. The van der Waals surface area contributed by atoms with E-state index >= 15 is 0 Å². The Morgan fingerprint density at radius 2 is 2.16 bits per heavy atom. The van der Waals surface area contributed by atoms with E-state index in [1.807, 2.05) is 18.2 Å². The number of nitrogens with zero attached hydrogens (tertiary/aromatic N) is 4. The average molecular weight is 361 g/mol. The van der Waals surface area contributed by atoms with E-state index in [1.54, 1.807) is 7.05 Å². The SMILES string of the molecule is CN=C(NCCc1cccc(Cl)c1)NCc1nnc2n1CCCCC2. The monoisotopic (exact) mass is 360 g/mol. The minimum atomic E-state index is 0.629. The molecule has 2 aromatic rings. The lowest BCUT2D eigenvalue weighted by Crippen LogP contribution is -2.38. The van der Waals surface area contributed by atoms with Crippen LogP contribution >= 0.6 is 11.6 Å². The summed E-state index contributed by atoms with van der Waals surface area (Å²) >= 11 is 6.02. The van der Waals surface area contributed by atoms with Crippen LogP contribution in [0.2, 0.25) is 5.02 Å². The number of nitrogens with one attached hydrogen (secondary N) is 2. The van der Waals surface area contributed by atoms with E-state index in [4.69, 9.17) is 11.6 Å². The third kappa shape index (κ3) is 4.95. The Hall–Kier alpha value is -2.08. The fourth-order valence-corrected chi connectivity index (χ4v) is 3.29. The smallest absolute Gasteiger partial charge is 0.191 e. The number of aliphatic imine (C=N–C) groups is 1. The first kappa shape index (κ1) is 17.7. The van der Waals surface area contributed by atoms with Crippen LogP contribution in [0.15, 0.2) is 29.3 Å². The second-order valence-electron chi connectivity index (χ2n) is 6.23. The highest BCUT2D eigenvalue weighted by molar-refractivity contribution is 6.30. The molecule has 0 unspecified atom stereocenters. The van der Waals surface area contributed by atoms with Crippen molar-refractivity contribution in [2.75, 3.05) is 13.6 Å². The third-order valence-electron chi connectivity index (χ3n) is 4.42. The molecule has 0 saturated heterocycles. The van der Waals surface area contributed by atoms with Gasteiger partial charge in [-0.05, 0) is 37.0 Å². The summed E-state index contributed by atoms with van der Waals surface area (Å²) in [7, 11) is 1.78. The molecule has 2 N–H and O–H groups in total. The average Bonchev–Trinajstić information content (AvgIpc) is 2.85. The zero-order valence-corrected chi connectivity index (χ0v) is 15.4. The van der Waals surface area contributed by atoms with Crippen LogP contribution < -0.4 is 10.6 Å². The predicted octanol–water partition coefficient (Wildman–Crippen LogP) is 2.57. The molecular weight excluding hydrogens is 336 g/mol. The fourth-order valence-electron chi connectivity index (χ4n) is 3.08. The Bertz CT molecular complexity index is 724. The van der Waals surface area contributed by atoms with Crippen molar-refractivity contribution >= 4 is 17.6 Å². The van der Waals surface area contributed by atoms with Crippen molar-refractivity contribution in [2.45, 2.75) is 45.2 Å². The second-order valence-corrected chi connectivity index (χ2v) is 6.66. The van der Waals surface area contributed by atoms with Crippen LogP contribution in [0.3, 0.4) is 0 Å². The fraction of sp³-hybridized carbons (Fsp3) is 0.500. The van der Waals surface area contributed by atoms with Gasteiger partial charge in [-0.25, -0.2) is 0 Å². The molecule has 0 saturated carbocycles. The Morgan fingerprint density at radius 3 is 3.00 bits per heavy atom. The number of hydrogen-bond acceptors (Lipinski definition) is 3. The second kappa shape index (κ2) is 8.85. The van der Waals surface area contributed by atoms with Gasteiger partial charge in [0, 0.05) is 31.6 Å². The van der Waals surface area contributed by atoms with Crippen molar-refractivity contribution in [1.29, 1.82) is 0 Å². The van der Waals surface area contributed by atoms with Crippen molar-refractivity contribution in [3.63, 3.8) is 0 Å². The Balaban J connectivity index is 1.49. The first-order chi connectivity index (χ1) is 12.3. The van der Waals surface area contributed by atoms with Gasteiger partial charge in [-0.1, -0.05) is 30.2 Å². The maximum absolute atomic E-state index is 6.02. The lowest BCUT2D eigenvalue weighted by molar-refractivity contribution is 0.596. The molecule has 1 aliphatic heterocycles. The van der Waals surface area contributed by atoms with Crippen LogP contribution in [-0.2, 0) is 25.9 Å². The summed E-state index contributed by atoms with van der Waals surface area (Å²) in [4.78, 5) is 4.28. The van der Waals surface area contributed by atoms with E-state index in [0.29, 0.717) is 6.54 Å². The molecule has 3 rings (SSSR count). The quantitative estimate of drug-likeness (QED) is 0.635. The van der Waals surface area contributed by atoms with Crippen molar-refractivity contribution in [3.8, 4) is 0 Å². The van der Waals surface area contributed by atoms with Gasteiger partial charge in [0.05, 0.1) is 6.54 Å². The minimum absolute atomic E-state index is 0.629. The lowest BCUT2D eigenvalue weighted by Gasteiger charge is -2.12. The number of guanidine groups is 1. The molecule has 1 aromatic heterocycles. The Labute approximate surface area is 153 Å². The van der Waals surface area contributed by atoms with Crippen molar-refractivity contribution < 1.29 is 0 Å². The van der Waals surface area contributed by atoms with E-state index in [-0.39, 0.29) is 0 Å². The number of hydrogen-bond donors (Lipinski definition) is 2. The summed E-state index contributed by atoms with van der Waals surface area (Å²) in [5.74, 6) is 2.86. The third-order valence-corrected chi connectivity index (χ3v) is 4.65. The molecule has 7 heteroatoms. The zero-order valence-electron chi connectivity index (χ0n) is 14.6. The molecule has 0 spiro atoms. The summed E-state index contributed by atoms with van der Waals surface area (Å²) in [6, 6.07) is 7.93. The molecule has 1 aromatic carbocycles. The molecule has 0 bridgehead atoms. The highest BCUT2D eigenvalue weighted by Gasteiger charge is 2.14. The highest BCUT2D eigenvalue weighted by atomic mass is 35.5. The molecule has 0 fully saturated rings. The Kier molecular flexibility index (Phi) is 6.28. The van der Waals surface area contributed by atoms with Gasteiger partial charge in [0.1, 0.15) is 5.82 Å². The first-order valence-electron chi connectivity index (χ1n) is 8.86. The van der Waals surface area contributed by atoms with Gasteiger partial charge in [-0.15, -0.1) is 10.2 Å². The summed E-state index contributed by atoms with van der Waals surface area (Å²) in [6.07, 6.45) is 5.59. The molecular formula is C18H25ClN6. The molecule has 1 aliphatic rings. The Morgan fingerprint density at radius 1 is 1.24 bits per heavy atom. The molecule has 134 valence electrons. The molecule has 0 amide bonds. The summed E-state index contributed by atoms with van der Waals surface area (Å²) in [6.45, 7) is 2.43. The van der Waals surface area contributed by atoms with Crippen LogP contribution in [0, 0.1) is 0 Å². The number of fused-ring (bicyclic) bond motifs is 1. The topological polar surface area (TPSA) is 67.1 Å². The van der Waals surface area contributed by atoms with Crippen LogP contribution in [0.25, 0.3) is 0 Å². The molecule has 6 nitrogen and oxygen atoms in total. The molecule has 2 heterocycles. The van der Waals surface area contributed by atoms with Gasteiger partial charge < -0.3 is 15.2 Å². The number of aryl methyl sites for hydroxylation is 1. The van der Waals surface area contributed by atoms with Crippen LogP contribution in [0.5, 0.6) is 0 Å². The molecule has 0 atom stereocenters. The summed E-state index contributed by atoms with van der Waals surface area (Å²) in [5.41, 5.74) is 1.21. The van der Waals surface area contributed by atoms with E-state index in [9.17, 15) is 0 Å². The number of benzene rings is 1. The van der Waals surface area contributed by atoms with Gasteiger partial charge in [-0.3, -0.25) is 4.99 Å². The first-order valence-corrected chi connectivity index (χ1v) is 9.24. The van der Waals surface area contributed by atoms with Gasteiger partial charge in [-0.2, -0.15) is 0 Å².